The number of allylic oxidation sites excluding steroid dienone is 1. The number of pyridine rings is 1. The molecule has 1 aliphatic heterocycles. The van der Waals surface area contributed by atoms with Gasteiger partial charge in [-0.05, 0) is 42.0 Å². The molecule has 2 aromatic rings. The molecule has 0 amide bonds. The first-order chi connectivity index (χ1) is 9.83. The maximum atomic E-state index is 12.1. The van der Waals surface area contributed by atoms with E-state index in [2.05, 4.69) is 4.98 Å². The lowest BCUT2D eigenvalue weighted by Crippen LogP contribution is -2.15. The summed E-state index contributed by atoms with van der Waals surface area (Å²) in [6, 6.07) is 8.91. The highest BCUT2D eigenvalue weighted by Gasteiger charge is 2.13. The van der Waals surface area contributed by atoms with Crippen molar-refractivity contribution in [2.45, 2.75) is 0 Å². The highest BCUT2D eigenvalue weighted by molar-refractivity contribution is 6.07. The molecule has 0 atom stereocenters. The van der Waals surface area contributed by atoms with Crippen LogP contribution in [0.3, 0.4) is 0 Å². The van der Waals surface area contributed by atoms with Crippen LogP contribution in [0.1, 0.15) is 15.9 Å². The van der Waals surface area contributed by atoms with E-state index in [1.54, 1.807) is 42.7 Å². The van der Waals surface area contributed by atoms with E-state index in [1.165, 1.54) is 0 Å². The summed E-state index contributed by atoms with van der Waals surface area (Å²) >= 11 is 0. The van der Waals surface area contributed by atoms with Gasteiger partial charge >= 0.3 is 0 Å². The van der Waals surface area contributed by atoms with Gasteiger partial charge in [0.05, 0.1) is 0 Å². The lowest BCUT2D eigenvalue weighted by Gasteiger charge is -2.18. The van der Waals surface area contributed by atoms with Gasteiger partial charge in [-0.1, -0.05) is 6.08 Å². The topological polar surface area (TPSA) is 48.4 Å². The number of rotatable bonds is 3. The Balaban J connectivity index is 1.79. The van der Waals surface area contributed by atoms with Gasteiger partial charge in [0, 0.05) is 18.0 Å². The van der Waals surface area contributed by atoms with Crippen molar-refractivity contribution >= 4 is 11.9 Å². The molecule has 0 fully saturated rings. The summed E-state index contributed by atoms with van der Waals surface area (Å²) in [6.45, 7) is 1.06. The van der Waals surface area contributed by atoms with Crippen molar-refractivity contribution in [3.63, 3.8) is 0 Å². The summed E-state index contributed by atoms with van der Waals surface area (Å²) in [4.78, 5) is 16.0. The number of nitrogens with zero attached hydrogens (tertiary/aromatic N) is 1. The fourth-order valence-electron chi connectivity index (χ4n) is 1.94. The number of hydrogen-bond donors (Lipinski definition) is 0. The Morgan fingerprint density at radius 3 is 2.60 bits per heavy atom. The molecule has 2 heterocycles. The quantitative estimate of drug-likeness (QED) is 0.633. The van der Waals surface area contributed by atoms with Crippen LogP contribution in [0.4, 0.5) is 0 Å². The summed E-state index contributed by atoms with van der Waals surface area (Å²) in [5, 5.41) is 0. The summed E-state index contributed by atoms with van der Waals surface area (Å²) in [5.74, 6) is 1.24. The first-order valence-corrected chi connectivity index (χ1v) is 6.35. The normalized spacial score (nSPS) is 13.4. The molecule has 20 heavy (non-hydrogen) atoms. The lowest BCUT2D eigenvalue weighted by atomic mass is 10.1. The van der Waals surface area contributed by atoms with Crippen LogP contribution >= 0.6 is 0 Å². The molecule has 4 heteroatoms. The van der Waals surface area contributed by atoms with E-state index < -0.39 is 0 Å². The molecule has 1 aromatic carbocycles. The van der Waals surface area contributed by atoms with Crippen molar-refractivity contribution < 1.29 is 14.3 Å². The van der Waals surface area contributed by atoms with Gasteiger partial charge in [0.25, 0.3) is 0 Å². The number of carbonyl (C=O) groups is 1. The molecule has 100 valence electrons. The van der Waals surface area contributed by atoms with Crippen molar-refractivity contribution in [3.05, 3.63) is 59.9 Å². The zero-order valence-electron chi connectivity index (χ0n) is 10.8. The molecule has 0 spiro atoms. The number of ketones is 1. The van der Waals surface area contributed by atoms with Gasteiger partial charge in [0.1, 0.15) is 13.2 Å². The molecule has 3 rings (SSSR count). The Labute approximate surface area is 116 Å². The number of hydrogen-bond acceptors (Lipinski definition) is 4. The number of benzene rings is 1. The second-order valence-electron chi connectivity index (χ2n) is 4.34. The highest BCUT2D eigenvalue weighted by Crippen LogP contribution is 2.30. The first-order valence-electron chi connectivity index (χ1n) is 6.35. The molecular formula is C16H13NO3. The van der Waals surface area contributed by atoms with Crippen LogP contribution in [-0.2, 0) is 0 Å². The molecule has 0 saturated carbocycles. The average molecular weight is 267 g/mol. The van der Waals surface area contributed by atoms with Crippen LogP contribution in [0.5, 0.6) is 11.5 Å². The predicted molar refractivity (Wildman–Crippen MR) is 75.0 cm³/mol. The number of ether oxygens (including phenoxy) is 2. The molecule has 0 N–H and O–H groups in total. The van der Waals surface area contributed by atoms with E-state index in [0.717, 1.165) is 5.56 Å². The third kappa shape index (κ3) is 2.69. The molecule has 0 radical (unpaired) electrons. The summed E-state index contributed by atoms with van der Waals surface area (Å²) in [7, 11) is 0. The summed E-state index contributed by atoms with van der Waals surface area (Å²) < 4.78 is 10.9. The minimum absolute atomic E-state index is 0.0706. The maximum absolute atomic E-state index is 12.1. The van der Waals surface area contributed by atoms with Gasteiger partial charge in [-0.3, -0.25) is 9.78 Å². The van der Waals surface area contributed by atoms with Crippen LogP contribution in [-0.4, -0.2) is 24.0 Å². The average Bonchev–Trinajstić information content (AvgIpc) is 2.53. The smallest absolute Gasteiger partial charge is 0.185 e. The fraction of sp³-hybridized carbons (Fsp3) is 0.125. The van der Waals surface area contributed by atoms with Gasteiger partial charge < -0.3 is 9.47 Å². The monoisotopic (exact) mass is 267 g/mol. The van der Waals surface area contributed by atoms with Crippen molar-refractivity contribution in [1.29, 1.82) is 0 Å². The first kappa shape index (κ1) is 12.4. The molecule has 0 unspecified atom stereocenters. The molecular weight excluding hydrogens is 254 g/mol. The molecule has 4 nitrogen and oxygen atoms in total. The molecule has 1 aliphatic rings. The van der Waals surface area contributed by atoms with Gasteiger partial charge in [-0.2, -0.15) is 0 Å². The van der Waals surface area contributed by atoms with E-state index in [1.807, 2.05) is 12.1 Å². The summed E-state index contributed by atoms with van der Waals surface area (Å²) in [6.07, 6.45) is 6.68. The van der Waals surface area contributed by atoms with E-state index in [4.69, 9.17) is 9.47 Å². The van der Waals surface area contributed by atoms with E-state index in [-0.39, 0.29) is 5.78 Å². The summed E-state index contributed by atoms with van der Waals surface area (Å²) in [5.41, 5.74) is 1.52. The molecule has 0 aliphatic carbocycles. The minimum Gasteiger partial charge on any atom is -0.486 e. The molecule has 0 saturated heterocycles. The highest BCUT2D eigenvalue weighted by atomic mass is 16.6. The van der Waals surface area contributed by atoms with Crippen LogP contribution in [0, 0.1) is 0 Å². The third-order valence-corrected chi connectivity index (χ3v) is 2.96. The van der Waals surface area contributed by atoms with E-state index >= 15 is 0 Å². The Kier molecular flexibility index (Phi) is 3.46. The second kappa shape index (κ2) is 5.57. The zero-order valence-corrected chi connectivity index (χ0v) is 10.8. The van der Waals surface area contributed by atoms with Crippen LogP contribution in [0.2, 0.25) is 0 Å². The number of aromatic nitrogens is 1. The minimum atomic E-state index is -0.0706. The standard InChI is InChI=1S/C16H13NO3/c18-14(3-1-12-5-7-17-8-6-12)13-2-4-15-16(11-13)20-10-9-19-15/h1-8,11H,9-10H2/b3-1+. The van der Waals surface area contributed by atoms with Crippen molar-refractivity contribution in [3.8, 4) is 11.5 Å². The van der Waals surface area contributed by atoms with E-state index in [0.29, 0.717) is 30.3 Å². The zero-order chi connectivity index (χ0) is 13.8. The van der Waals surface area contributed by atoms with Crippen LogP contribution < -0.4 is 9.47 Å². The Morgan fingerprint density at radius 1 is 1.05 bits per heavy atom. The fourth-order valence-corrected chi connectivity index (χ4v) is 1.94. The third-order valence-electron chi connectivity index (χ3n) is 2.96. The van der Waals surface area contributed by atoms with Crippen molar-refractivity contribution in [1.82, 2.24) is 4.98 Å². The molecule has 1 aromatic heterocycles. The second-order valence-corrected chi connectivity index (χ2v) is 4.34. The SMILES string of the molecule is O=C(/C=C/c1ccncc1)c1ccc2c(c1)OCCO2. The predicted octanol–water partition coefficient (Wildman–Crippen LogP) is 2.75. The largest absolute Gasteiger partial charge is 0.486 e. The Bertz CT molecular complexity index is 650. The molecule has 0 bridgehead atoms. The van der Waals surface area contributed by atoms with Gasteiger partial charge in [-0.15, -0.1) is 0 Å². The van der Waals surface area contributed by atoms with Gasteiger partial charge in [0.2, 0.25) is 0 Å². The van der Waals surface area contributed by atoms with Crippen LogP contribution in [0.25, 0.3) is 6.08 Å². The van der Waals surface area contributed by atoms with Gasteiger partial charge in [-0.25, -0.2) is 0 Å². The Morgan fingerprint density at radius 2 is 1.80 bits per heavy atom. The maximum Gasteiger partial charge on any atom is 0.185 e. The number of fused-ring (bicyclic) bond motifs is 1. The van der Waals surface area contributed by atoms with Crippen molar-refractivity contribution in [2.24, 2.45) is 0 Å². The van der Waals surface area contributed by atoms with Gasteiger partial charge in [0.15, 0.2) is 17.3 Å². The lowest BCUT2D eigenvalue weighted by molar-refractivity contribution is 0.104. The number of carbonyl (C=O) groups excluding carboxylic acids is 1. The van der Waals surface area contributed by atoms with Crippen LogP contribution in [0.15, 0.2) is 48.8 Å². The van der Waals surface area contributed by atoms with E-state index in [9.17, 15) is 4.79 Å². The Hall–Kier alpha value is -2.62. The van der Waals surface area contributed by atoms with Crippen molar-refractivity contribution in [2.75, 3.05) is 13.2 Å².